The van der Waals surface area contributed by atoms with Gasteiger partial charge in [-0.15, -0.1) is 0 Å². The third-order valence-electron chi connectivity index (χ3n) is 3.80. The molecule has 0 bridgehead atoms. The lowest BCUT2D eigenvalue weighted by Crippen LogP contribution is -2.31. The van der Waals surface area contributed by atoms with Gasteiger partial charge in [-0.05, 0) is 42.8 Å². The van der Waals surface area contributed by atoms with Crippen molar-refractivity contribution in [3.05, 3.63) is 60.2 Å². The fourth-order valence-corrected chi connectivity index (χ4v) is 2.56. The Morgan fingerprint density at radius 1 is 1.27 bits per heavy atom. The van der Waals surface area contributed by atoms with Gasteiger partial charge < -0.3 is 14.3 Å². The normalized spacial score (nSPS) is 11.0. The maximum atomic E-state index is 12.8. The Balaban J connectivity index is 1.83. The Morgan fingerprint density at radius 2 is 2.18 bits per heavy atom. The zero-order chi connectivity index (χ0) is 15.4. The largest absolute Gasteiger partial charge is 0.467 e. The number of fused-ring (bicyclic) bond motifs is 1. The van der Waals surface area contributed by atoms with Crippen molar-refractivity contribution in [2.75, 3.05) is 6.54 Å². The molecule has 4 nitrogen and oxygen atoms in total. The van der Waals surface area contributed by atoms with Gasteiger partial charge in [-0.3, -0.25) is 4.79 Å². The summed E-state index contributed by atoms with van der Waals surface area (Å²) >= 11 is 0. The van der Waals surface area contributed by atoms with E-state index in [4.69, 9.17) is 4.42 Å². The van der Waals surface area contributed by atoms with Crippen LogP contribution in [0.1, 0.15) is 35.9 Å². The van der Waals surface area contributed by atoms with E-state index in [-0.39, 0.29) is 5.91 Å². The van der Waals surface area contributed by atoms with Gasteiger partial charge in [0.2, 0.25) is 0 Å². The van der Waals surface area contributed by atoms with Gasteiger partial charge in [-0.25, -0.2) is 0 Å². The molecule has 0 fully saturated rings. The van der Waals surface area contributed by atoms with Gasteiger partial charge in [-0.1, -0.05) is 13.3 Å². The molecular weight excluding hydrogens is 276 g/mol. The van der Waals surface area contributed by atoms with Crippen LogP contribution in [0.25, 0.3) is 10.9 Å². The number of carbonyl (C=O) groups excluding carboxylic acids is 1. The molecule has 0 saturated carbocycles. The average Bonchev–Trinajstić information content (AvgIpc) is 3.21. The summed E-state index contributed by atoms with van der Waals surface area (Å²) in [4.78, 5) is 17.8. The van der Waals surface area contributed by atoms with Gasteiger partial charge in [-0.2, -0.15) is 0 Å². The van der Waals surface area contributed by atoms with Crippen LogP contribution in [-0.2, 0) is 6.54 Å². The van der Waals surface area contributed by atoms with Gasteiger partial charge in [0.25, 0.3) is 5.91 Å². The van der Waals surface area contributed by atoms with Crippen LogP contribution < -0.4 is 0 Å². The van der Waals surface area contributed by atoms with Crippen molar-refractivity contribution < 1.29 is 9.21 Å². The zero-order valence-corrected chi connectivity index (χ0v) is 12.7. The maximum Gasteiger partial charge on any atom is 0.254 e. The smallest absolute Gasteiger partial charge is 0.254 e. The molecule has 0 aliphatic rings. The van der Waals surface area contributed by atoms with Crippen LogP contribution in [0.5, 0.6) is 0 Å². The van der Waals surface area contributed by atoms with Crippen LogP contribution in [0.15, 0.2) is 53.3 Å². The number of amides is 1. The predicted molar refractivity (Wildman–Crippen MR) is 86.7 cm³/mol. The third-order valence-corrected chi connectivity index (χ3v) is 3.80. The second kappa shape index (κ2) is 6.52. The second-order valence-electron chi connectivity index (χ2n) is 5.44. The molecule has 1 aromatic carbocycles. The van der Waals surface area contributed by atoms with E-state index in [9.17, 15) is 4.79 Å². The van der Waals surface area contributed by atoms with E-state index in [0.717, 1.165) is 41.6 Å². The van der Waals surface area contributed by atoms with Crippen molar-refractivity contribution in [1.29, 1.82) is 0 Å². The minimum atomic E-state index is 0.0490. The topological polar surface area (TPSA) is 49.2 Å². The predicted octanol–water partition coefficient (Wildman–Crippen LogP) is 4.20. The van der Waals surface area contributed by atoms with Gasteiger partial charge in [0.15, 0.2) is 0 Å². The number of carbonyl (C=O) groups is 1. The summed E-state index contributed by atoms with van der Waals surface area (Å²) < 4.78 is 5.39. The van der Waals surface area contributed by atoms with E-state index in [2.05, 4.69) is 11.9 Å². The number of nitrogens with zero attached hydrogens (tertiary/aromatic N) is 1. The molecule has 0 radical (unpaired) electrons. The molecule has 0 aliphatic heterocycles. The zero-order valence-electron chi connectivity index (χ0n) is 12.7. The van der Waals surface area contributed by atoms with Crippen LogP contribution in [-0.4, -0.2) is 22.3 Å². The standard InChI is InChI=1S/C18H20N2O2/c1-2-3-10-20(13-16-5-4-11-22-16)18(21)15-6-7-17-14(12-15)8-9-19-17/h4-9,11-12,19H,2-3,10,13H2,1H3. The lowest BCUT2D eigenvalue weighted by molar-refractivity contribution is 0.0729. The van der Waals surface area contributed by atoms with Gasteiger partial charge in [0, 0.05) is 29.2 Å². The number of aromatic amines is 1. The first-order valence-electron chi connectivity index (χ1n) is 7.66. The fourth-order valence-electron chi connectivity index (χ4n) is 2.56. The van der Waals surface area contributed by atoms with Crippen LogP contribution in [0.2, 0.25) is 0 Å². The number of rotatable bonds is 6. The number of hydrogen-bond donors (Lipinski definition) is 1. The van der Waals surface area contributed by atoms with E-state index >= 15 is 0 Å². The van der Waals surface area contributed by atoms with Crippen LogP contribution in [0.3, 0.4) is 0 Å². The number of H-pyrrole nitrogens is 1. The van der Waals surface area contributed by atoms with Crippen molar-refractivity contribution >= 4 is 16.8 Å². The minimum Gasteiger partial charge on any atom is -0.467 e. The molecule has 1 N–H and O–H groups in total. The quantitative estimate of drug-likeness (QED) is 0.741. The second-order valence-corrected chi connectivity index (χ2v) is 5.44. The third kappa shape index (κ3) is 3.06. The molecule has 0 unspecified atom stereocenters. The number of unbranched alkanes of at least 4 members (excludes halogenated alkanes) is 1. The summed E-state index contributed by atoms with van der Waals surface area (Å²) in [5.74, 6) is 0.861. The molecule has 3 aromatic rings. The van der Waals surface area contributed by atoms with Crippen molar-refractivity contribution in [1.82, 2.24) is 9.88 Å². The molecule has 0 aliphatic carbocycles. The highest BCUT2D eigenvalue weighted by Gasteiger charge is 2.17. The Morgan fingerprint density at radius 3 is 2.95 bits per heavy atom. The summed E-state index contributed by atoms with van der Waals surface area (Å²) in [6.45, 7) is 3.37. The first kappa shape index (κ1) is 14.4. The Bertz CT molecular complexity index is 743. The van der Waals surface area contributed by atoms with Crippen LogP contribution in [0, 0.1) is 0 Å². The van der Waals surface area contributed by atoms with Crippen molar-refractivity contribution in [2.45, 2.75) is 26.3 Å². The number of furan rings is 1. The summed E-state index contributed by atoms with van der Waals surface area (Å²) in [7, 11) is 0. The molecule has 0 saturated heterocycles. The highest BCUT2D eigenvalue weighted by molar-refractivity contribution is 5.98. The SMILES string of the molecule is CCCCN(Cc1ccco1)C(=O)c1ccc2[nH]ccc2c1. The molecule has 0 spiro atoms. The van der Waals surface area contributed by atoms with E-state index in [1.165, 1.54) is 0 Å². The van der Waals surface area contributed by atoms with E-state index in [1.54, 1.807) is 6.26 Å². The summed E-state index contributed by atoms with van der Waals surface area (Å²) in [6, 6.07) is 11.5. The number of nitrogens with one attached hydrogen (secondary N) is 1. The lowest BCUT2D eigenvalue weighted by Gasteiger charge is -2.21. The highest BCUT2D eigenvalue weighted by Crippen LogP contribution is 2.17. The van der Waals surface area contributed by atoms with Crippen molar-refractivity contribution in [2.24, 2.45) is 0 Å². The molecule has 2 aromatic heterocycles. The van der Waals surface area contributed by atoms with Crippen LogP contribution in [0.4, 0.5) is 0 Å². The highest BCUT2D eigenvalue weighted by atomic mass is 16.3. The summed E-state index contributed by atoms with van der Waals surface area (Å²) in [5.41, 5.74) is 1.76. The minimum absolute atomic E-state index is 0.0490. The van der Waals surface area contributed by atoms with Gasteiger partial charge in [0.1, 0.15) is 5.76 Å². The first-order chi connectivity index (χ1) is 10.8. The molecule has 2 heterocycles. The number of hydrogen-bond acceptors (Lipinski definition) is 2. The summed E-state index contributed by atoms with van der Waals surface area (Å²) in [6.07, 6.45) is 5.57. The van der Waals surface area contributed by atoms with Gasteiger partial charge >= 0.3 is 0 Å². The molecular formula is C18H20N2O2. The Kier molecular flexibility index (Phi) is 4.28. The average molecular weight is 296 g/mol. The van der Waals surface area contributed by atoms with E-state index in [1.807, 2.05) is 47.5 Å². The number of aromatic nitrogens is 1. The lowest BCUT2D eigenvalue weighted by atomic mass is 10.1. The molecule has 4 heteroatoms. The first-order valence-corrected chi connectivity index (χ1v) is 7.66. The molecule has 3 rings (SSSR count). The molecule has 1 amide bonds. The Labute approximate surface area is 129 Å². The van der Waals surface area contributed by atoms with Crippen LogP contribution >= 0.6 is 0 Å². The fraction of sp³-hybridized carbons (Fsp3) is 0.278. The van der Waals surface area contributed by atoms with Crippen molar-refractivity contribution in [3.63, 3.8) is 0 Å². The summed E-state index contributed by atoms with van der Waals surface area (Å²) in [5, 5.41) is 1.05. The van der Waals surface area contributed by atoms with E-state index < -0.39 is 0 Å². The number of benzene rings is 1. The molecule has 0 atom stereocenters. The monoisotopic (exact) mass is 296 g/mol. The molecule has 22 heavy (non-hydrogen) atoms. The Hall–Kier alpha value is -2.49. The molecule has 114 valence electrons. The van der Waals surface area contributed by atoms with Gasteiger partial charge in [0.05, 0.1) is 12.8 Å². The maximum absolute atomic E-state index is 12.8. The van der Waals surface area contributed by atoms with E-state index in [0.29, 0.717) is 6.54 Å². The van der Waals surface area contributed by atoms with Crippen molar-refractivity contribution in [3.8, 4) is 0 Å².